The predicted octanol–water partition coefficient (Wildman–Crippen LogP) is 2.61. The minimum atomic E-state index is -0.909. The number of fused-ring (bicyclic) bond motifs is 1. The molecule has 0 bridgehead atoms. The summed E-state index contributed by atoms with van der Waals surface area (Å²) in [7, 11) is 1.48. The quantitative estimate of drug-likeness (QED) is 0.887. The van der Waals surface area contributed by atoms with E-state index in [4.69, 9.17) is 9.84 Å². The van der Waals surface area contributed by atoms with Crippen LogP contribution in [0.15, 0.2) is 30.3 Å². The summed E-state index contributed by atoms with van der Waals surface area (Å²) in [5.41, 5.74) is 0.633. The van der Waals surface area contributed by atoms with Crippen LogP contribution in [0, 0.1) is 5.82 Å². The zero-order valence-electron chi connectivity index (χ0n) is 9.24. The molecule has 2 rings (SSSR count). The minimum Gasteiger partial charge on any atom is -0.496 e. The van der Waals surface area contributed by atoms with E-state index in [2.05, 4.69) is 0 Å². The van der Waals surface area contributed by atoms with Gasteiger partial charge in [0, 0.05) is 5.39 Å². The van der Waals surface area contributed by atoms with Gasteiger partial charge in [-0.25, -0.2) is 4.39 Å². The maximum atomic E-state index is 13.1. The molecule has 0 aliphatic carbocycles. The van der Waals surface area contributed by atoms with Gasteiger partial charge in [-0.1, -0.05) is 12.1 Å². The molecule has 0 atom stereocenters. The topological polar surface area (TPSA) is 46.5 Å². The van der Waals surface area contributed by atoms with E-state index in [9.17, 15) is 9.18 Å². The lowest BCUT2D eigenvalue weighted by Gasteiger charge is -2.08. The number of ether oxygens (including phenoxy) is 1. The Kier molecular flexibility index (Phi) is 2.95. The molecule has 3 nitrogen and oxygen atoms in total. The molecule has 0 aromatic heterocycles. The Morgan fingerprint density at radius 1 is 1.35 bits per heavy atom. The van der Waals surface area contributed by atoms with Crippen molar-refractivity contribution < 1.29 is 19.0 Å². The van der Waals surface area contributed by atoms with Crippen LogP contribution in [0.5, 0.6) is 5.75 Å². The van der Waals surface area contributed by atoms with Crippen molar-refractivity contribution in [3.05, 3.63) is 41.7 Å². The molecule has 0 aliphatic heterocycles. The van der Waals surface area contributed by atoms with E-state index in [0.717, 1.165) is 5.39 Å². The van der Waals surface area contributed by atoms with E-state index < -0.39 is 5.97 Å². The van der Waals surface area contributed by atoms with E-state index >= 15 is 0 Å². The molecule has 0 spiro atoms. The lowest BCUT2D eigenvalue weighted by atomic mass is 10.0. The van der Waals surface area contributed by atoms with Crippen molar-refractivity contribution in [1.82, 2.24) is 0 Å². The van der Waals surface area contributed by atoms with E-state index in [1.807, 2.05) is 0 Å². The number of hydrogen-bond donors (Lipinski definition) is 1. The highest BCUT2D eigenvalue weighted by Gasteiger charge is 2.08. The number of carboxylic acid groups (broad SMARTS) is 1. The lowest BCUT2D eigenvalue weighted by molar-refractivity contribution is -0.136. The van der Waals surface area contributed by atoms with E-state index in [0.29, 0.717) is 16.7 Å². The smallest absolute Gasteiger partial charge is 0.307 e. The van der Waals surface area contributed by atoms with Crippen molar-refractivity contribution in [2.24, 2.45) is 0 Å². The van der Waals surface area contributed by atoms with Crippen LogP contribution in [-0.2, 0) is 11.2 Å². The summed E-state index contributed by atoms with van der Waals surface area (Å²) < 4.78 is 18.3. The number of halogens is 1. The van der Waals surface area contributed by atoms with Gasteiger partial charge < -0.3 is 9.84 Å². The van der Waals surface area contributed by atoms with Gasteiger partial charge in [-0.15, -0.1) is 0 Å². The number of aliphatic carboxylic acids is 1. The Morgan fingerprint density at radius 3 is 2.76 bits per heavy atom. The standard InChI is InChI=1S/C13H11FO3/c1-17-12-5-8(6-13(15)16)4-9-2-3-10(14)7-11(9)12/h2-5,7H,6H2,1H3,(H,15,16). The van der Waals surface area contributed by atoms with Crippen molar-refractivity contribution in [1.29, 1.82) is 0 Å². The van der Waals surface area contributed by atoms with Crippen LogP contribution in [0.3, 0.4) is 0 Å². The van der Waals surface area contributed by atoms with Gasteiger partial charge in [-0.2, -0.15) is 0 Å². The molecule has 0 fully saturated rings. The second-order valence-electron chi connectivity index (χ2n) is 3.73. The van der Waals surface area contributed by atoms with Crippen LogP contribution in [0.2, 0.25) is 0 Å². The van der Waals surface area contributed by atoms with Gasteiger partial charge in [0.1, 0.15) is 11.6 Å². The summed E-state index contributed by atoms with van der Waals surface area (Å²) >= 11 is 0. The third-order valence-electron chi connectivity index (χ3n) is 2.51. The van der Waals surface area contributed by atoms with Crippen molar-refractivity contribution >= 4 is 16.7 Å². The van der Waals surface area contributed by atoms with Gasteiger partial charge in [0.2, 0.25) is 0 Å². The normalized spacial score (nSPS) is 10.5. The van der Waals surface area contributed by atoms with Gasteiger partial charge in [0.15, 0.2) is 0 Å². The fraction of sp³-hybridized carbons (Fsp3) is 0.154. The molecule has 0 saturated carbocycles. The van der Waals surface area contributed by atoms with Gasteiger partial charge in [-0.05, 0) is 29.1 Å². The second kappa shape index (κ2) is 4.41. The zero-order chi connectivity index (χ0) is 12.4. The Bertz CT molecular complexity index is 578. The van der Waals surface area contributed by atoms with Crippen molar-refractivity contribution in [3.8, 4) is 5.75 Å². The van der Waals surface area contributed by atoms with Crippen molar-refractivity contribution in [3.63, 3.8) is 0 Å². The summed E-state index contributed by atoms with van der Waals surface area (Å²) in [5.74, 6) is -0.770. The number of methoxy groups -OCH3 is 1. The third kappa shape index (κ3) is 2.36. The number of rotatable bonds is 3. The molecule has 2 aromatic rings. The van der Waals surface area contributed by atoms with E-state index in [1.165, 1.54) is 19.2 Å². The molecule has 2 aromatic carbocycles. The molecular formula is C13H11FO3. The molecule has 0 amide bonds. The summed E-state index contributed by atoms with van der Waals surface area (Å²) in [4.78, 5) is 10.7. The van der Waals surface area contributed by atoms with Crippen LogP contribution >= 0.6 is 0 Å². The molecule has 1 N–H and O–H groups in total. The summed E-state index contributed by atoms with van der Waals surface area (Å²) in [6.07, 6.45) is -0.0797. The van der Waals surface area contributed by atoms with Crippen LogP contribution in [0.1, 0.15) is 5.56 Å². The summed E-state index contributed by atoms with van der Waals surface area (Å²) in [6, 6.07) is 7.67. The Hall–Kier alpha value is -2.10. The first kappa shape index (κ1) is 11.4. The third-order valence-corrected chi connectivity index (χ3v) is 2.51. The maximum Gasteiger partial charge on any atom is 0.307 e. The maximum absolute atomic E-state index is 13.1. The van der Waals surface area contributed by atoms with Gasteiger partial charge in [-0.3, -0.25) is 4.79 Å². The van der Waals surface area contributed by atoms with Crippen LogP contribution in [-0.4, -0.2) is 18.2 Å². The Labute approximate surface area is 97.4 Å². The molecule has 4 heteroatoms. The number of hydrogen-bond acceptors (Lipinski definition) is 2. The van der Waals surface area contributed by atoms with Gasteiger partial charge in [0.25, 0.3) is 0 Å². The fourth-order valence-electron chi connectivity index (χ4n) is 1.80. The van der Waals surface area contributed by atoms with Gasteiger partial charge in [0.05, 0.1) is 13.5 Å². The average Bonchev–Trinajstić information content (AvgIpc) is 2.27. The minimum absolute atomic E-state index is 0.0797. The van der Waals surface area contributed by atoms with Gasteiger partial charge >= 0.3 is 5.97 Å². The van der Waals surface area contributed by atoms with Crippen molar-refractivity contribution in [2.45, 2.75) is 6.42 Å². The molecule has 0 heterocycles. The largest absolute Gasteiger partial charge is 0.496 e. The van der Waals surface area contributed by atoms with E-state index in [-0.39, 0.29) is 12.2 Å². The van der Waals surface area contributed by atoms with E-state index in [1.54, 1.807) is 18.2 Å². The first-order valence-electron chi connectivity index (χ1n) is 5.08. The number of benzene rings is 2. The highest BCUT2D eigenvalue weighted by atomic mass is 19.1. The summed E-state index contributed by atoms with van der Waals surface area (Å²) in [5, 5.41) is 10.2. The molecule has 17 heavy (non-hydrogen) atoms. The first-order valence-corrected chi connectivity index (χ1v) is 5.08. The van der Waals surface area contributed by atoms with Crippen LogP contribution < -0.4 is 4.74 Å². The molecule has 0 aliphatic rings. The zero-order valence-corrected chi connectivity index (χ0v) is 9.24. The predicted molar refractivity (Wildman–Crippen MR) is 61.8 cm³/mol. The van der Waals surface area contributed by atoms with Crippen LogP contribution in [0.25, 0.3) is 10.8 Å². The Balaban J connectivity index is 2.61. The summed E-state index contributed by atoms with van der Waals surface area (Å²) in [6.45, 7) is 0. The SMILES string of the molecule is COc1cc(CC(=O)O)cc2ccc(F)cc12. The number of carbonyl (C=O) groups is 1. The van der Waals surface area contributed by atoms with Crippen molar-refractivity contribution in [2.75, 3.05) is 7.11 Å². The average molecular weight is 234 g/mol. The molecular weight excluding hydrogens is 223 g/mol. The number of carboxylic acids is 1. The molecule has 0 unspecified atom stereocenters. The first-order chi connectivity index (χ1) is 8.10. The lowest BCUT2D eigenvalue weighted by Crippen LogP contribution is -2.00. The highest BCUT2D eigenvalue weighted by molar-refractivity contribution is 5.90. The Morgan fingerprint density at radius 2 is 2.12 bits per heavy atom. The molecule has 0 saturated heterocycles. The monoisotopic (exact) mass is 234 g/mol. The molecule has 88 valence electrons. The fourth-order valence-corrected chi connectivity index (χ4v) is 1.80. The second-order valence-corrected chi connectivity index (χ2v) is 3.73. The highest BCUT2D eigenvalue weighted by Crippen LogP contribution is 2.28. The van der Waals surface area contributed by atoms with Crippen LogP contribution in [0.4, 0.5) is 4.39 Å². The molecule has 0 radical (unpaired) electrons.